The highest BCUT2D eigenvalue weighted by atomic mass is 35.5. The van der Waals surface area contributed by atoms with E-state index in [1.54, 1.807) is 25.3 Å². The van der Waals surface area contributed by atoms with Gasteiger partial charge < -0.3 is 10.1 Å². The van der Waals surface area contributed by atoms with Crippen molar-refractivity contribution in [2.45, 2.75) is 11.3 Å². The fraction of sp³-hybridized carbons (Fsp3) is 0.235. The largest absolute Gasteiger partial charge is 0.385 e. The van der Waals surface area contributed by atoms with Crippen molar-refractivity contribution in [1.82, 2.24) is 5.32 Å². The van der Waals surface area contributed by atoms with Crippen molar-refractivity contribution in [2.75, 3.05) is 25.0 Å². The molecule has 140 valence electrons. The van der Waals surface area contributed by atoms with Gasteiger partial charge in [0.1, 0.15) is 0 Å². The molecule has 2 rings (SSSR count). The van der Waals surface area contributed by atoms with Gasteiger partial charge in [-0.1, -0.05) is 29.3 Å². The lowest BCUT2D eigenvalue weighted by molar-refractivity contribution is 0.0948. The van der Waals surface area contributed by atoms with Crippen LogP contribution in [0.1, 0.15) is 16.8 Å². The molecule has 2 N–H and O–H groups in total. The summed E-state index contributed by atoms with van der Waals surface area (Å²) in [4.78, 5) is 12.1. The summed E-state index contributed by atoms with van der Waals surface area (Å²) in [5.41, 5.74) is 0.609. The zero-order chi connectivity index (χ0) is 19.2. The highest BCUT2D eigenvalue weighted by Gasteiger charge is 2.16. The number of ether oxygens (including phenoxy) is 1. The number of benzene rings is 2. The van der Waals surface area contributed by atoms with E-state index in [1.807, 2.05) is 0 Å². The molecule has 2 aromatic rings. The Labute approximate surface area is 162 Å². The molecule has 0 heterocycles. The van der Waals surface area contributed by atoms with Gasteiger partial charge in [0.2, 0.25) is 0 Å². The lowest BCUT2D eigenvalue weighted by Crippen LogP contribution is -2.25. The molecule has 0 saturated heterocycles. The Balaban J connectivity index is 2.12. The van der Waals surface area contributed by atoms with Crippen LogP contribution in [0.15, 0.2) is 47.4 Å². The summed E-state index contributed by atoms with van der Waals surface area (Å²) in [7, 11) is -2.27. The maximum Gasteiger partial charge on any atom is 0.261 e. The van der Waals surface area contributed by atoms with E-state index in [4.69, 9.17) is 27.9 Å². The normalized spacial score (nSPS) is 11.2. The maximum absolute atomic E-state index is 12.5. The first kappa shape index (κ1) is 20.5. The number of carbonyl (C=O) groups excluding carboxylic acids is 1. The maximum atomic E-state index is 12.5. The Hall–Kier alpha value is -1.80. The van der Waals surface area contributed by atoms with Gasteiger partial charge in [0, 0.05) is 31.5 Å². The minimum absolute atomic E-state index is 0.0266. The smallest absolute Gasteiger partial charge is 0.261 e. The lowest BCUT2D eigenvalue weighted by atomic mass is 10.2. The molecule has 26 heavy (non-hydrogen) atoms. The van der Waals surface area contributed by atoms with E-state index < -0.39 is 10.0 Å². The van der Waals surface area contributed by atoms with Gasteiger partial charge in [-0.15, -0.1) is 0 Å². The third kappa shape index (κ3) is 5.60. The van der Waals surface area contributed by atoms with Crippen LogP contribution in [-0.2, 0) is 14.8 Å². The van der Waals surface area contributed by atoms with Crippen LogP contribution in [0.25, 0.3) is 0 Å². The molecular weight excluding hydrogens is 399 g/mol. The van der Waals surface area contributed by atoms with Crippen LogP contribution in [0.5, 0.6) is 0 Å². The van der Waals surface area contributed by atoms with Gasteiger partial charge in [0.05, 0.1) is 14.9 Å². The third-order valence-electron chi connectivity index (χ3n) is 3.39. The molecule has 2 aromatic carbocycles. The third-order valence-corrected chi connectivity index (χ3v) is 5.51. The van der Waals surface area contributed by atoms with Crippen molar-refractivity contribution in [3.05, 3.63) is 58.1 Å². The van der Waals surface area contributed by atoms with Crippen molar-refractivity contribution in [3.8, 4) is 0 Å². The van der Waals surface area contributed by atoms with Gasteiger partial charge >= 0.3 is 0 Å². The Morgan fingerprint density at radius 1 is 1.12 bits per heavy atom. The molecule has 0 atom stereocenters. The number of halogens is 2. The number of hydrogen-bond donors (Lipinski definition) is 2. The number of hydrogen-bond acceptors (Lipinski definition) is 4. The van der Waals surface area contributed by atoms with Crippen molar-refractivity contribution >= 4 is 44.8 Å². The minimum atomic E-state index is -3.86. The molecule has 6 nitrogen and oxygen atoms in total. The standard InChI is InChI=1S/C17H18Cl2N2O4S/c1-25-9-3-8-20-17(22)12-4-2-5-13(10-12)21-26(23,24)14-6-7-15(18)16(19)11-14/h2,4-7,10-11,21H,3,8-9H2,1H3,(H,20,22). The minimum Gasteiger partial charge on any atom is -0.385 e. The summed E-state index contributed by atoms with van der Waals surface area (Å²) >= 11 is 11.7. The molecule has 0 unspecified atom stereocenters. The zero-order valence-electron chi connectivity index (χ0n) is 14.0. The Morgan fingerprint density at radius 3 is 2.58 bits per heavy atom. The first-order valence-corrected chi connectivity index (χ1v) is 9.92. The van der Waals surface area contributed by atoms with E-state index in [9.17, 15) is 13.2 Å². The fourth-order valence-corrected chi connectivity index (χ4v) is 3.54. The summed E-state index contributed by atoms with van der Waals surface area (Å²) in [6.45, 7) is 1.01. The fourth-order valence-electron chi connectivity index (χ4n) is 2.10. The van der Waals surface area contributed by atoms with Crippen molar-refractivity contribution in [3.63, 3.8) is 0 Å². The topological polar surface area (TPSA) is 84.5 Å². The quantitative estimate of drug-likeness (QED) is 0.644. The highest BCUT2D eigenvalue weighted by molar-refractivity contribution is 7.92. The van der Waals surface area contributed by atoms with Crippen LogP contribution < -0.4 is 10.0 Å². The van der Waals surface area contributed by atoms with E-state index in [0.717, 1.165) is 0 Å². The monoisotopic (exact) mass is 416 g/mol. The summed E-state index contributed by atoms with van der Waals surface area (Å²) in [6.07, 6.45) is 0.686. The number of nitrogens with one attached hydrogen (secondary N) is 2. The average molecular weight is 417 g/mol. The number of sulfonamides is 1. The predicted molar refractivity (Wildman–Crippen MR) is 103 cm³/mol. The van der Waals surface area contributed by atoms with Crippen LogP contribution in [-0.4, -0.2) is 34.6 Å². The molecule has 0 aliphatic carbocycles. The van der Waals surface area contributed by atoms with Gasteiger partial charge in [0.25, 0.3) is 15.9 Å². The van der Waals surface area contributed by atoms with Crippen LogP contribution in [0.3, 0.4) is 0 Å². The molecule has 0 fully saturated rings. The number of carbonyl (C=O) groups is 1. The summed E-state index contributed by atoms with van der Waals surface area (Å²) < 4.78 is 32.3. The molecule has 0 saturated carbocycles. The summed E-state index contributed by atoms with van der Waals surface area (Å²) in [6, 6.07) is 10.2. The lowest BCUT2D eigenvalue weighted by Gasteiger charge is -2.10. The number of methoxy groups -OCH3 is 1. The van der Waals surface area contributed by atoms with E-state index in [2.05, 4.69) is 10.0 Å². The van der Waals surface area contributed by atoms with Crippen molar-refractivity contribution in [1.29, 1.82) is 0 Å². The molecule has 0 radical (unpaired) electrons. The molecule has 1 amide bonds. The molecule has 0 aliphatic rings. The second kappa shape index (κ2) is 9.23. The predicted octanol–water partition coefficient (Wildman–Crippen LogP) is 3.56. The number of amides is 1. The highest BCUT2D eigenvalue weighted by Crippen LogP contribution is 2.26. The molecular formula is C17H18Cl2N2O4S. The van der Waals surface area contributed by atoms with Crippen LogP contribution in [0.2, 0.25) is 10.0 Å². The van der Waals surface area contributed by atoms with E-state index >= 15 is 0 Å². The van der Waals surface area contributed by atoms with E-state index in [1.165, 1.54) is 24.3 Å². The van der Waals surface area contributed by atoms with Crippen molar-refractivity contribution < 1.29 is 17.9 Å². The van der Waals surface area contributed by atoms with Crippen LogP contribution in [0, 0.1) is 0 Å². The summed E-state index contributed by atoms with van der Waals surface area (Å²) in [5, 5.41) is 3.14. The van der Waals surface area contributed by atoms with Gasteiger partial charge in [-0.2, -0.15) is 0 Å². The second-order valence-electron chi connectivity index (χ2n) is 5.36. The van der Waals surface area contributed by atoms with Gasteiger partial charge in [-0.3, -0.25) is 9.52 Å². The van der Waals surface area contributed by atoms with Gasteiger partial charge in [-0.05, 0) is 42.8 Å². The molecule has 0 aliphatic heterocycles. The average Bonchev–Trinajstić information content (AvgIpc) is 2.60. The first-order chi connectivity index (χ1) is 12.3. The zero-order valence-corrected chi connectivity index (χ0v) is 16.3. The Kier molecular flexibility index (Phi) is 7.28. The molecule has 0 bridgehead atoms. The second-order valence-corrected chi connectivity index (χ2v) is 7.86. The number of anilines is 1. The van der Waals surface area contributed by atoms with Crippen LogP contribution >= 0.6 is 23.2 Å². The summed E-state index contributed by atoms with van der Waals surface area (Å²) in [5.74, 6) is -0.295. The number of rotatable bonds is 8. The van der Waals surface area contributed by atoms with E-state index in [0.29, 0.717) is 25.1 Å². The van der Waals surface area contributed by atoms with Crippen LogP contribution in [0.4, 0.5) is 5.69 Å². The van der Waals surface area contributed by atoms with Crippen molar-refractivity contribution in [2.24, 2.45) is 0 Å². The Bertz CT molecular complexity index is 888. The van der Waals surface area contributed by atoms with E-state index in [-0.39, 0.29) is 26.5 Å². The van der Waals surface area contributed by atoms with Gasteiger partial charge in [0.15, 0.2) is 0 Å². The SMILES string of the molecule is COCCCNC(=O)c1cccc(NS(=O)(=O)c2ccc(Cl)c(Cl)c2)c1. The molecule has 0 spiro atoms. The van der Waals surface area contributed by atoms with Gasteiger partial charge in [-0.25, -0.2) is 8.42 Å². The molecule has 0 aromatic heterocycles. The first-order valence-electron chi connectivity index (χ1n) is 7.68. The Morgan fingerprint density at radius 2 is 1.88 bits per heavy atom. The molecule has 9 heteroatoms.